The van der Waals surface area contributed by atoms with Crippen molar-refractivity contribution in [1.82, 2.24) is 0 Å². The first-order valence-electron chi connectivity index (χ1n) is 6.38. The SMILES string of the molecule is CCOc1ccc(F)c(N2CCCC(C)C2)c1. The Hall–Kier alpha value is -1.25. The van der Waals surface area contributed by atoms with Gasteiger partial charge in [0.05, 0.1) is 12.3 Å². The van der Waals surface area contributed by atoms with E-state index in [1.165, 1.54) is 12.5 Å². The Bertz CT molecular complexity index is 380. The number of ether oxygens (including phenoxy) is 1. The fourth-order valence-electron chi connectivity index (χ4n) is 2.40. The summed E-state index contributed by atoms with van der Waals surface area (Å²) in [6.45, 7) is 6.65. The quantitative estimate of drug-likeness (QED) is 0.798. The molecule has 1 saturated heterocycles. The van der Waals surface area contributed by atoms with Crippen LogP contribution < -0.4 is 9.64 Å². The van der Waals surface area contributed by atoms with Crippen molar-refractivity contribution >= 4 is 5.69 Å². The van der Waals surface area contributed by atoms with Gasteiger partial charge in [-0.25, -0.2) is 4.39 Å². The lowest BCUT2D eigenvalue weighted by molar-refractivity contribution is 0.339. The lowest BCUT2D eigenvalue weighted by atomic mass is 9.99. The maximum Gasteiger partial charge on any atom is 0.146 e. The maximum absolute atomic E-state index is 13.8. The molecule has 1 atom stereocenters. The molecule has 3 heteroatoms. The van der Waals surface area contributed by atoms with Crippen LogP contribution in [0.5, 0.6) is 5.75 Å². The molecule has 2 nitrogen and oxygen atoms in total. The third kappa shape index (κ3) is 2.90. The van der Waals surface area contributed by atoms with Crippen LogP contribution in [0.2, 0.25) is 0 Å². The molecule has 1 aliphatic rings. The summed E-state index contributed by atoms with van der Waals surface area (Å²) in [6.07, 6.45) is 2.38. The number of rotatable bonds is 3. The van der Waals surface area contributed by atoms with Gasteiger partial charge in [0.25, 0.3) is 0 Å². The van der Waals surface area contributed by atoms with Crippen molar-refractivity contribution in [3.63, 3.8) is 0 Å². The molecule has 94 valence electrons. The Morgan fingerprint density at radius 2 is 2.29 bits per heavy atom. The first-order chi connectivity index (χ1) is 8.20. The van der Waals surface area contributed by atoms with E-state index in [2.05, 4.69) is 11.8 Å². The highest BCUT2D eigenvalue weighted by molar-refractivity contribution is 5.52. The van der Waals surface area contributed by atoms with Crippen molar-refractivity contribution in [3.05, 3.63) is 24.0 Å². The standard InChI is InChI=1S/C14H20FNO/c1-3-17-12-6-7-13(15)14(9-12)16-8-4-5-11(2)10-16/h6-7,9,11H,3-5,8,10H2,1-2H3. The molecule has 0 N–H and O–H groups in total. The molecule has 1 unspecified atom stereocenters. The second kappa shape index (κ2) is 5.39. The molecule has 1 heterocycles. The van der Waals surface area contributed by atoms with Crippen LogP contribution in [0.15, 0.2) is 18.2 Å². The Labute approximate surface area is 102 Å². The van der Waals surface area contributed by atoms with Crippen LogP contribution in [0.25, 0.3) is 0 Å². The van der Waals surface area contributed by atoms with Gasteiger partial charge < -0.3 is 9.64 Å². The molecule has 0 radical (unpaired) electrons. The van der Waals surface area contributed by atoms with Crippen molar-refractivity contribution in [3.8, 4) is 5.75 Å². The van der Waals surface area contributed by atoms with Crippen molar-refractivity contribution in [2.24, 2.45) is 5.92 Å². The topological polar surface area (TPSA) is 12.5 Å². The van der Waals surface area contributed by atoms with Crippen molar-refractivity contribution in [1.29, 1.82) is 0 Å². The molecule has 1 aromatic carbocycles. The fraction of sp³-hybridized carbons (Fsp3) is 0.571. The third-order valence-corrected chi connectivity index (χ3v) is 3.23. The minimum Gasteiger partial charge on any atom is -0.494 e. The van der Waals surface area contributed by atoms with Crippen molar-refractivity contribution < 1.29 is 9.13 Å². The number of halogens is 1. The van der Waals surface area contributed by atoms with Crippen LogP contribution in [-0.4, -0.2) is 19.7 Å². The van der Waals surface area contributed by atoms with Gasteiger partial charge in [-0.15, -0.1) is 0 Å². The highest BCUT2D eigenvalue weighted by Crippen LogP contribution is 2.28. The molecule has 17 heavy (non-hydrogen) atoms. The molecule has 0 amide bonds. The average molecular weight is 237 g/mol. The van der Waals surface area contributed by atoms with Gasteiger partial charge in [0.2, 0.25) is 0 Å². The first kappa shape index (κ1) is 12.2. The zero-order chi connectivity index (χ0) is 12.3. The normalized spacial score (nSPS) is 20.4. The smallest absolute Gasteiger partial charge is 0.146 e. The summed E-state index contributed by atoms with van der Waals surface area (Å²) in [5, 5.41) is 0. The summed E-state index contributed by atoms with van der Waals surface area (Å²) >= 11 is 0. The molecule has 0 saturated carbocycles. The first-order valence-corrected chi connectivity index (χ1v) is 6.38. The van der Waals surface area contributed by atoms with Gasteiger partial charge in [0, 0.05) is 19.2 Å². The number of anilines is 1. The minimum atomic E-state index is -0.150. The summed E-state index contributed by atoms with van der Waals surface area (Å²) < 4.78 is 19.3. The number of nitrogens with zero attached hydrogens (tertiary/aromatic N) is 1. The molecular formula is C14H20FNO. The van der Waals surface area contributed by atoms with Crippen LogP contribution in [-0.2, 0) is 0 Å². The second-order valence-corrected chi connectivity index (χ2v) is 4.74. The lowest BCUT2D eigenvalue weighted by Gasteiger charge is -2.33. The van der Waals surface area contributed by atoms with Crippen molar-refractivity contribution in [2.75, 3.05) is 24.6 Å². The van der Waals surface area contributed by atoms with E-state index < -0.39 is 0 Å². The summed E-state index contributed by atoms with van der Waals surface area (Å²) in [5.41, 5.74) is 0.683. The Morgan fingerprint density at radius 1 is 1.47 bits per heavy atom. The van der Waals surface area contributed by atoms with E-state index in [0.717, 1.165) is 25.3 Å². The van der Waals surface area contributed by atoms with Gasteiger partial charge in [0.15, 0.2) is 0 Å². The molecule has 1 fully saturated rings. The Balaban J connectivity index is 2.20. The van der Waals surface area contributed by atoms with Gasteiger partial charge in [-0.05, 0) is 37.8 Å². The summed E-state index contributed by atoms with van der Waals surface area (Å²) in [6, 6.07) is 5.01. The predicted molar refractivity (Wildman–Crippen MR) is 68.2 cm³/mol. The zero-order valence-corrected chi connectivity index (χ0v) is 10.6. The van der Waals surface area contributed by atoms with Crippen LogP contribution in [0.3, 0.4) is 0 Å². The average Bonchev–Trinajstić information content (AvgIpc) is 2.32. The Morgan fingerprint density at radius 3 is 3.00 bits per heavy atom. The molecule has 2 rings (SSSR count). The third-order valence-electron chi connectivity index (χ3n) is 3.23. The highest BCUT2D eigenvalue weighted by atomic mass is 19.1. The second-order valence-electron chi connectivity index (χ2n) is 4.74. The van der Waals surface area contributed by atoms with Gasteiger partial charge in [-0.2, -0.15) is 0 Å². The number of hydrogen-bond acceptors (Lipinski definition) is 2. The predicted octanol–water partition coefficient (Wildman–Crippen LogP) is 3.46. The number of piperidine rings is 1. The number of hydrogen-bond donors (Lipinski definition) is 0. The monoisotopic (exact) mass is 237 g/mol. The fourth-order valence-corrected chi connectivity index (χ4v) is 2.40. The summed E-state index contributed by atoms with van der Waals surface area (Å²) in [7, 11) is 0. The van der Waals surface area contributed by atoms with Gasteiger partial charge >= 0.3 is 0 Å². The van der Waals surface area contributed by atoms with E-state index in [9.17, 15) is 4.39 Å². The molecule has 0 bridgehead atoms. The summed E-state index contributed by atoms with van der Waals surface area (Å²) in [5.74, 6) is 1.24. The Kier molecular flexibility index (Phi) is 3.87. The molecule has 0 aliphatic carbocycles. The highest BCUT2D eigenvalue weighted by Gasteiger charge is 2.19. The van der Waals surface area contributed by atoms with E-state index >= 15 is 0 Å². The van der Waals surface area contributed by atoms with E-state index in [1.807, 2.05) is 13.0 Å². The minimum absolute atomic E-state index is 0.150. The molecule has 0 aromatic heterocycles. The summed E-state index contributed by atoms with van der Waals surface area (Å²) in [4.78, 5) is 2.13. The van der Waals surface area contributed by atoms with E-state index in [0.29, 0.717) is 18.2 Å². The zero-order valence-electron chi connectivity index (χ0n) is 10.6. The lowest BCUT2D eigenvalue weighted by Crippen LogP contribution is -2.34. The molecule has 1 aliphatic heterocycles. The number of benzene rings is 1. The van der Waals surface area contributed by atoms with Crippen LogP contribution in [0, 0.1) is 11.7 Å². The molecule has 1 aromatic rings. The molecular weight excluding hydrogens is 217 g/mol. The van der Waals surface area contributed by atoms with E-state index in [-0.39, 0.29) is 5.82 Å². The maximum atomic E-state index is 13.8. The van der Waals surface area contributed by atoms with Crippen LogP contribution >= 0.6 is 0 Å². The van der Waals surface area contributed by atoms with Crippen LogP contribution in [0.1, 0.15) is 26.7 Å². The van der Waals surface area contributed by atoms with Crippen molar-refractivity contribution in [2.45, 2.75) is 26.7 Å². The van der Waals surface area contributed by atoms with Crippen LogP contribution in [0.4, 0.5) is 10.1 Å². The largest absolute Gasteiger partial charge is 0.494 e. The van der Waals surface area contributed by atoms with Gasteiger partial charge in [-0.3, -0.25) is 0 Å². The molecule has 0 spiro atoms. The van der Waals surface area contributed by atoms with Gasteiger partial charge in [0.1, 0.15) is 11.6 Å². The van der Waals surface area contributed by atoms with E-state index in [1.54, 1.807) is 6.07 Å². The van der Waals surface area contributed by atoms with E-state index in [4.69, 9.17) is 4.74 Å². The van der Waals surface area contributed by atoms with Gasteiger partial charge in [-0.1, -0.05) is 6.92 Å².